The summed E-state index contributed by atoms with van der Waals surface area (Å²) in [4.78, 5) is 22.7. The first-order valence-electron chi connectivity index (χ1n) is 10.8. The van der Waals surface area contributed by atoms with E-state index in [2.05, 4.69) is 22.0 Å². The molecule has 0 saturated carbocycles. The van der Waals surface area contributed by atoms with Crippen molar-refractivity contribution in [3.63, 3.8) is 0 Å². The fourth-order valence-corrected chi connectivity index (χ4v) is 4.26. The van der Waals surface area contributed by atoms with Crippen LogP contribution in [0.1, 0.15) is 36.0 Å². The Morgan fingerprint density at radius 2 is 2.06 bits per heavy atom. The van der Waals surface area contributed by atoms with Crippen LogP contribution in [0.3, 0.4) is 0 Å². The maximum atomic E-state index is 12.9. The molecule has 2 aromatic heterocycles. The summed E-state index contributed by atoms with van der Waals surface area (Å²) in [5.41, 5.74) is 0.694. The molecule has 164 valence electrons. The first-order valence-corrected chi connectivity index (χ1v) is 11.7. The molecule has 0 unspecified atom stereocenters. The van der Waals surface area contributed by atoms with E-state index in [0.29, 0.717) is 23.9 Å². The summed E-state index contributed by atoms with van der Waals surface area (Å²) < 4.78 is 11.0. The third-order valence-corrected chi connectivity index (χ3v) is 6.15. The number of aromatic nitrogens is 2. The molecule has 8 heteroatoms. The van der Waals surface area contributed by atoms with Crippen LogP contribution in [0, 0.1) is 0 Å². The highest BCUT2D eigenvalue weighted by molar-refractivity contribution is 7.13. The standard InChI is InChI=1S/C23H28N4O3S/c1-2-15-29-19-7-3-6-18(17-19)23(28)27-13-11-26(12-14-27)10-4-9-21-24-22(25-30-21)20-8-5-16-31-20/h3,5-8,16-17H,2,4,9-15H2,1H3. The Labute approximate surface area is 186 Å². The minimum atomic E-state index is 0.0774. The van der Waals surface area contributed by atoms with Crippen LogP contribution in [0.5, 0.6) is 5.75 Å². The van der Waals surface area contributed by atoms with Gasteiger partial charge >= 0.3 is 0 Å². The molecule has 1 saturated heterocycles. The molecule has 0 atom stereocenters. The normalized spacial score (nSPS) is 14.7. The molecule has 0 bridgehead atoms. The summed E-state index contributed by atoms with van der Waals surface area (Å²) in [6.07, 6.45) is 2.67. The maximum Gasteiger partial charge on any atom is 0.254 e. The predicted molar refractivity (Wildman–Crippen MR) is 121 cm³/mol. The Hall–Kier alpha value is -2.71. The van der Waals surface area contributed by atoms with E-state index < -0.39 is 0 Å². The summed E-state index contributed by atoms with van der Waals surface area (Å²) in [6, 6.07) is 11.5. The van der Waals surface area contributed by atoms with E-state index in [1.165, 1.54) is 0 Å². The number of piperazine rings is 1. The first kappa shape index (κ1) is 21.5. The first-order chi connectivity index (χ1) is 15.2. The van der Waals surface area contributed by atoms with Gasteiger partial charge in [-0.15, -0.1) is 11.3 Å². The summed E-state index contributed by atoms with van der Waals surface area (Å²) in [5, 5.41) is 6.07. The van der Waals surface area contributed by atoms with Crippen LogP contribution in [0.15, 0.2) is 46.3 Å². The van der Waals surface area contributed by atoms with Gasteiger partial charge in [0.05, 0.1) is 11.5 Å². The molecule has 0 spiro atoms. The zero-order valence-corrected chi connectivity index (χ0v) is 18.6. The van der Waals surface area contributed by atoms with Gasteiger partial charge in [0, 0.05) is 38.2 Å². The smallest absolute Gasteiger partial charge is 0.254 e. The van der Waals surface area contributed by atoms with Crippen LogP contribution in [-0.4, -0.2) is 65.2 Å². The van der Waals surface area contributed by atoms with Crippen LogP contribution in [0.2, 0.25) is 0 Å². The van der Waals surface area contributed by atoms with Crippen LogP contribution in [0.4, 0.5) is 0 Å². The van der Waals surface area contributed by atoms with Gasteiger partial charge in [-0.2, -0.15) is 4.98 Å². The van der Waals surface area contributed by atoms with Crippen LogP contribution in [0.25, 0.3) is 10.7 Å². The highest BCUT2D eigenvalue weighted by Crippen LogP contribution is 2.21. The van der Waals surface area contributed by atoms with Crippen LogP contribution in [-0.2, 0) is 6.42 Å². The number of carbonyl (C=O) groups is 1. The summed E-state index contributed by atoms with van der Waals surface area (Å²) >= 11 is 1.61. The molecular weight excluding hydrogens is 412 g/mol. The minimum Gasteiger partial charge on any atom is -0.494 e. The zero-order chi connectivity index (χ0) is 21.5. The van der Waals surface area contributed by atoms with Crippen molar-refractivity contribution in [3.05, 3.63) is 53.2 Å². The van der Waals surface area contributed by atoms with Crippen LogP contribution < -0.4 is 4.74 Å². The van der Waals surface area contributed by atoms with Crippen molar-refractivity contribution in [3.8, 4) is 16.5 Å². The SMILES string of the molecule is CCCOc1cccc(C(=O)N2CCN(CCCc3nc(-c4cccs4)no3)CC2)c1. The number of rotatable bonds is 9. The Balaban J connectivity index is 1.20. The lowest BCUT2D eigenvalue weighted by Gasteiger charge is -2.34. The summed E-state index contributed by atoms with van der Waals surface area (Å²) in [5.74, 6) is 2.19. The lowest BCUT2D eigenvalue weighted by molar-refractivity contribution is 0.0635. The maximum absolute atomic E-state index is 12.9. The fraction of sp³-hybridized carbons (Fsp3) is 0.435. The molecule has 0 radical (unpaired) electrons. The van der Waals surface area contributed by atoms with E-state index in [9.17, 15) is 4.79 Å². The van der Waals surface area contributed by atoms with Gasteiger partial charge in [-0.1, -0.05) is 24.2 Å². The van der Waals surface area contributed by atoms with Gasteiger partial charge in [0.15, 0.2) is 0 Å². The Morgan fingerprint density at radius 3 is 2.84 bits per heavy atom. The second-order valence-electron chi connectivity index (χ2n) is 7.60. The number of carbonyl (C=O) groups excluding carboxylic acids is 1. The van der Waals surface area contributed by atoms with Gasteiger partial charge in [-0.3, -0.25) is 9.69 Å². The Kier molecular flexibility index (Phi) is 7.32. The molecule has 1 fully saturated rings. The highest BCUT2D eigenvalue weighted by Gasteiger charge is 2.22. The lowest BCUT2D eigenvalue weighted by Crippen LogP contribution is -2.48. The monoisotopic (exact) mass is 440 g/mol. The lowest BCUT2D eigenvalue weighted by atomic mass is 10.1. The average Bonchev–Trinajstić information content (AvgIpc) is 3.50. The van der Waals surface area contributed by atoms with Crippen molar-refractivity contribution in [2.45, 2.75) is 26.2 Å². The molecule has 1 aliphatic heterocycles. The zero-order valence-electron chi connectivity index (χ0n) is 17.8. The van der Waals surface area contributed by atoms with E-state index in [0.717, 1.165) is 62.6 Å². The number of aryl methyl sites for hydroxylation is 1. The second kappa shape index (κ2) is 10.5. The van der Waals surface area contributed by atoms with Gasteiger partial charge in [0.25, 0.3) is 5.91 Å². The van der Waals surface area contributed by atoms with Gasteiger partial charge in [-0.25, -0.2) is 0 Å². The molecule has 1 amide bonds. The molecular formula is C23H28N4O3S. The number of thiophene rings is 1. The molecule has 3 heterocycles. The number of hydrogen-bond donors (Lipinski definition) is 0. The van der Waals surface area contributed by atoms with E-state index in [4.69, 9.17) is 9.26 Å². The molecule has 4 rings (SSSR count). The number of amides is 1. The molecule has 1 aromatic carbocycles. The molecule has 0 N–H and O–H groups in total. The Morgan fingerprint density at radius 1 is 1.19 bits per heavy atom. The topological polar surface area (TPSA) is 71.7 Å². The highest BCUT2D eigenvalue weighted by atomic mass is 32.1. The average molecular weight is 441 g/mol. The van der Waals surface area contributed by atoms with Gasteiger partial charge in [0.1, 0.15) is 5.75 Å². The van der Waals surface area contributed by atoms with Crippen molar-refractivity contribution >= 4 is 17.2 Å². The predicted octanol–water partition coefficient (Wildman–Crippen LogP) is 3.98. The number of benzene rings is 1. The van der Waals surface area contributed by atoms with Crippen molar-refractivity contribution in [1.29, 1.82) is 0 Å². The van der Waals surface area contributed by atoms with Gasteiger partial charge in [0.2, 0.25) is 11.7 Å². The number of ether oxygens (including phenoxy) is 1. The molecule has 7 nitrogen and oxygen atoms in total. The van der Waals surface area contributed by atoms with Gasteiger partial charge in [-0.05, 0) is 49.0 Å². The third kappa shape index (κ3) is 5.71. The Bertz CT molecular complexity index is 965. The van der Waals surface area contributed by atoms with Crippen molar-refractivity contribution < 1.29 is 14.1 Å². The fourth-order valence-electron chi connectivity index (χ4n) is 3.61. The quantitative estimate of drug-likeness (QED) is 0.501. The van der Waals surface area contributed by atoms with Gasteiger partial charge < -0.3 is 14.2 Å². The van der Waals surface area contributed by atoms with E-state index >= 15 is 0 Å². The molecule has 0 aliphatic carbocycles. The van der Waals surface area contributed by atoms with E-state index in [1.54, 1.807) is 11.3 Å². The van der Waals surface area contributed by atoms with E-state index in [-0.39, 0.29) is 5.91 Å². The summed E-state index contributed by atoms with van der Waals surface area (Å²) in [7, 11) is 0. The molecule has 3 aromatic rings. The van der Waals surface area contributed by atoms with E-state index in [1.807, 2.05) is 46.7 Å². The largest absolute Gasteiger partial charge is 0.494 e. The number of nitrogens with zero attached hydrogens (tertiary/aromatic N) is 4. The van der Waals surface area contributed by atoms with Crippen molar-refractivity contribution in [1.82, 2.24) is 19.9 Å². The van der Waals surface area contributed by atoms with Crippen molar-refractivity contribution in [2.75, 3.05) is 39.3 Å². The van der Waals surface area contributed by atoms with Crippen molar-refractivity contribution in [2.24, 2.45) is 0 Å². The minimum absolute atomic E-state index is 0.0774. The number of hydrogen-bond acceptors (Lipinski definition) is 7. The van der Waals surface area contributed by atoms with Crippen LogP contribution >= 0.6 is 11.3 Å². The summed E-state index contributed by atoms with van der Waals surface area (Å²) in [6.45, 7) is 6.92. The second-order valence-corrected chi connectivity index (χ2v) is 8.55. The molecule has 31 heavy (non-hydrogen) atoms. The molecule has 1 aliphatic rings. The third-order valence-electron chi connectivity index (χ3n) is 5.29.